The first-order chi connectivity index (χ1) is 9.49. The van der Waals surface area contributed by atoms with Crippen molar-refractivity contribution in [3.8, 4) is 0 Å². The van der Waals surface area contributed by atoms with Crippen molar-refractivity contribution in [3.63, 3.8) is 0 Å². The fraction of sp³-hybridized carbons (Fsp3) is 0.143. The van der Waals surface area contributed by atoms with Crippen molar-refractivity contribution in [2.75, 3.05) is 0 Å². The SMILES string of the molecule is CC(NC(=O)c1ccncc1F)c1ccc(Cl)c(Cl)c1. The standard InChI is InChI=1S/C14H11Cl2FN2O/c1-8(9-2-3-11(15)12(16)6-9)19-14(20)10-4-5-18-7-13(10)17/h2-8H,1H3,(H,19,20). The van der Waals surface area contributed by atoms with E-state index >= 15 is 0 Å². The largest absolute Gasteiger partial charge is 0.345 e. The number of aromatic nitrogens is 1. The first kappa shape index (κ1) is 14.8. The van der Waals surface area contributed by atoms with Crippen LogP contribution in [0.4, 0.5) is 4.39 Å². The molecule has 0 saturated carbocycles. The third-order valence-electron chi connectivity index (χ3n) is 2.81. The molecule has 3 nitrogen and oxygen atoms in total. The summed E-state index contributed by atoms with van der Waals surface area (Å²) in [6.07, 6.45) is 2.36. The highest BCUT2D eigenvalue weighted by atomic mass is 35.5. The Kier molecular flexibility index (Phi) is 4.57. The van der Waals surface area contributed by atoms with Crippen LogP contribution in [0.25, 0.3) is 0 Å². The van der Waals surface area contributed by atoms with Crippen molar-refractivity contribution in [2.45, 2.75) is 13.0 Å². The molecule has 0 bridgehead atoms. The van der Waals surface area contributed by atoms with Gasteiger partial charge in [-0.2, -0.15) is 0 Å². The molecular weight excluding hydrogens is 302 g/mol. The maximum absolute atomic E-state index is 13.4. The van der Waals surface area contributed by atoms with E-state index in [1.54, 1.807) is 25.1 Å². The summed E-state index contributed by atoms with van der Waals surface area (Å²) in [5.41, 5.74) is 0.731. The Morgan fingerprint density at radius 1 is 1.30 bits per heavy atom. The zero-order chi connectivity index (χ0) is 14.7. The maximum atomic E-state index is 13.4. The van der Waals surface area contributed by atoms with E-state index in [4.69, 9.17) is 23.2 Å². The van der Waals surface area contributed by atoms with Crippen LogP contribution in [0.3, 0.4) is 0 Å². The molecule has 2 aromatic rings. The zero-order valence-electron chi connectivity index (χ0n) is 10.5. The van der Waals surface area contributed by atoms with E-state index in [2.05, 4.69) is 10.3 Å². The highest BCUT2D eigenvalue weighted by Gasteiger charge is 2.15. The molecule has 104 valence electrons. The predicted molar refractivity (Wildman–Crippen MR) is 76.5 cm³/mol. The predicted octanol–water partition coefficient (Wildman–Crippen LogP) is 4.02. The third-order valence-corrected chi connectivity index (χ3v) is 3.55. The Balaban J connectivity index is 2.15. The summed E-state index contributed by atoms with van der Waals surface area (Å²) in [4.78, 5) is 15.6. The number of hydrogen-bond donors (Lipinski definition) is 1. The van der Waals surface area contributed by atoms with Crippen molar-refractivity contribution < 1.29 is 9.18 Å². The molecule has 0 spiro atoms. The molecule has 0 radical (unpaired) electrons. The van der Waals surface area contributed by atoms with Gasteiger partial charge in [-0.1, -0.05) is 29.3 Å². The van der Waals surface area contributed by atoms with Crippen LogP contribution in [0, 0.1) is 5.82 Å². The summed E-state index contributed by atoms with van der Waals surface area (Å²) in [5.74, 6) is -1.17. The van der Waals surface area contributed by atoms with E-state index in [-0.39, 0.29) is 11.6 Å². The van der Waals surface area contributed by atoms with Crippen LogP contribution < -0.4 is 5.32 Å². The van der Waals surface area contributed by atoms with Gasteiger partial charge in [0, 0.05) is 6.20 Å². The van der Waals surface area contributed by atoms with Crippen molar-refractivity contribution in [3.05, 3.63) is 63.6 Å². The van der Waals surface area contributed by atoms with E-state index in [9.17, 15) is 9.18 Å². The van der Waals surface area contributed by atoms with Gasteiger partial charge in [0.05, 0.1) is 27.8 Å². The molecule has 1 aromatic carbocycles. The average Bonchev–Trinajstić information content (AvgIpc) is 2.42. The van der Waals surface area contributed by atoms with Crippen LogP contribution in [-0.4, -0.2) is 10.9 Å². The molecule has 2 rings (SSSR count). The van der Waals surface area contributed by atoms with Gasteiger partial charge in [0.25, 0.3) is 5.91 Å². The van der Waals surface area contributed by atoms with Gasteiger partial charge in [-0.3, -0.25) is 9.78 Å². The molecule has 1 N–H and O–H groups in total. The molecule has 1 amide bonds. The minimum absolute atomic E-state index is 0.0492. The number of benzene rings is 1. The Morgan fingerprint density at radius 3 is 2.70 bits per heavy atom. The first-order valence-electron chi connectivity index (χ1n) is 5.84. The summed E-state index contributed by atoms with van der Waals surface area (Å²) < 4.78 is 13.4. The number of pyridine rings is 1. The number of amides is 1. The molecule has 1 aromatic heterocycles. The van der Waals surface area contributed by atoms with Gasteiger partial charge in [-0.15, -0.1) is 0 Å². The van der Waals surface area contributed by atoms with E-state index < -0.39 is 11.7 Å². The van der Waals surface area contributed by atoms with E-state index in [1.165, 1.54) is 12.3 Å². The highest BCUT2D eigenvalue weighted by molar-refractivity contribution is 6.42. The number of carbonyl (C=O) groups excluding carboxylic acids is 1. The van der Waals surface area contributed by atoms with Gasteiger partial charge in [0.1, 0.15) is 0 Å². The summed E-state index contributed by atoms with van der Waals surface area (Å²) in [5, 5.41) is 3.53. The van der Waals surface area contributed by atoms with Crippen LogP contribution >= 0.6 is 23.2 Å². The van der Waals surface area contributed by atoms with Crippen LogP contribution in [0.1, 0.15) is 28.9 Å². The lowest BCUT2D eigenvalue weighted by Gasteiger charge is -2.15. The normalized spacial score (nSPS) is 12.0. The Labute approximate surface area is 125 Å². The maximum Gasteiger partial charge on any atom is 0.254 e. The summed E-state index contributed by atoms with van der Waals surface area (Å²) >= 11 is 11.8. The average molecular weight is 313 g/mol. The summed E-state index contributed by atoms with van der Waals surface area (Å²) in [6, 6.07) is 6.06. The minimum Gasteiger partial charge on any atom is -0.345 e. The first-order valence-corrected chi connectivity index (χ1v) is 6.60. The van der Waals surface area contributed by atoms with Crippen molar-refractivity contribution >= 4 is 29.1 Å². The molecule has 0 saturated heterocycles. The number of nitrogens with zero attached hydrogens (tertiary/aromatic N) is 1. The molecule has 0 aliphatic carbocycles. The molecule has 0 aliphatic rings. The van der Waals surface area contributed by atoms with Crippen LogP contribution in [0.15, 0.2) is 36.7 Å². The lowest BCUT2D eigenvalue weighted by atomic mass is 10.1. The van der Waals surface area contributed by atoms with E-state index in [1.807, 2.05) is 0 Å². The number of carbonyl (C=O) groups is 1. The van der Waals surface area contributed by atoms with E-state index in [0.717, 1.165) is 11.8 Å². The number of hydrogen-bond acceptors (Lipinski definition) is 2. The lowest BCUT2D eigenvalue weighted by molar-refractivity contribution is 0.0935. The number of nitrogens with one attached hydrogen (secondary N) is 1. The van der Waals surface area contributed by atoms with Crippen molar-refractivity contribution in [1.82, 2.24) is 10.3 Å². The van der Waals surface area contributed by atoms with Gasteiger partial charge >= 0.3 is 0 Å². The minimum atomic E-state index is -0.661. The fourth-order valence-electron chi connectivity index (χ4n) is 1.70. The van der Waals surface area contributed by atoms with Crippen molar-refractivity contribution in [1.29, 1.82) is 0 Å². The second kappa shape index (κ2) is 6.20. The molecule has 20 heavy (non-hydrogen) atoms. The third kappa shape index (κ3) is 3.26. The fourth-order valence-corrected chi connectivity index (χ4v) is 2.01. The molecule has 1 unspecified atom stereocenters. The van der Waals surface area contributed by atoms with Gasteiger partial charge < -0.3 is 5.32 Å². The lowest BCUT2D eigenvalue weighted by Crippen LogP contribution is -2.27. The Morgan fingerprint density at radius 2 is 2.05 bits per heavy atom. The zero-order valence-corrected chi connectivity index (χ0v) is 12.0. The van der Waals surface area contributed by atoms with Gasteiger partial charge in [0.2, 0.25) is 0 Å². The smallest absolute Gasteiger partial charge is 0.254 e. The monoisotopic (exact) mass is 312 g/mol. The second-order valence-corrected chi connectivity index (χ2v) is 5.04. The molecule has 1 atom stereocenters. The quantitative estimate of drug-likeness (QED) is 0.930. The van der Waals surface area contributed by atoms with Crippen LogP contribution in [0.5, 0.6) is 0 Å². The summed E-state index contributed by atoms with van der Waals surface area (Å²) in [6.45, 7) is 1.77. The Hall–Kier alpha value is -1.65. The Bertz CT molecular complexity index is 649. The van der Waals surface area contributed by atoms with Gasteiger partial charge in [0.15, 0.2) is 5.82 Å². The van der Waals surface area contributed by atoms with Gasteiger partial charge in [-0.05, 0) is 30.7 Å². The van der Waals surface area contributed by atoms with Crippen molar-refractivity contribution in [2.24, 2.45) is 0 Å². The number of halogens is 3. The topological polar surface area (TPSA) is 42.0 Å². The molecular formula is C14H11Cl2FN2O. The molecule has 0 aliphatic heterocycles. The van der Waals surface area contributed by atoms with Crippen LogP contribution in [-0.2, 0) is 0 Å². The molecule has 1 heterocycles. The highest BCUT2D eigenvalue weighted by Crippen LogP contribution is 2.25. The molecule has 0 fully saturated rings. The van der Waals surface area contributed by atoms with Crippen LogP contribution in [0.2, 0.25) is 10.0 Å². The van der Waals surface area contributed by atoms with Gasteiger partial charge in [-0.25, -0.2) is 4.39 Å². The molecule has 6 heteroatoms. The number of rotatable bonds is 3. The summed E-state index contributed by atoms with van der Waals surface area (Å²) in [7, 11) is 0. The second-order valence-electron chi connectivity index (χ2n) is 4.22. The van der Waals surface area contributed by atoms with E-state index in [0.29, 0.717) is 10.0 Å².